The zero-order valence-corrected chi connectivity index (χ0v) is 20.1. The Hall–Kier alpha value is -4.80. The minimum atomic E-state index is -4.78. The van der Waals surface area contributed by atoms with E-state index in [2.05, 4.69) is 14.8 Å². The highest BCUT2D eigenvalue weighted by Crippen LogP contribution is 2.26. The first-order chi connectivity index (χ1) is 18.2. The first-order valence-electron chi connectivity index (χ1n) is 11.5. The molecule has 0 aliphatic rings. The maximum atomic E-state index is 13.4. The number of hydrogen-bond acceptors (Lipinski definition) is 6. The van der Waals surface area contributed by atoms with Crippen LogP contribution in [0, 0.1) is 0 Å². The molecule has 0 aliphatic heterocycles. The smallest absolute Gasteiger partial charge is 0.423 e. The number of amides is 1. The zero-order valence-electron chi connectivity index (χ0n) is 20.1. The van der Waals surface area contributed by atoms with E-state index in [0.29, 0.717) is 23.4 Å². The molecule has 5 rings (SSSR count). The minimum Gasteiger partial charge on any atom is -0.423 e. The fourth-order valence-corrected chi connectivity index (χ4v) is 3.83. The number of alkyl halides is 3. The van der Waals surface area contributed by atoms with Gasteiger partial charge in [-0.15, -0.1) is 23.3 Å². The fraction of sp³-hybridized carbons (Fsp3) is 0.148. The second kappa shape index (κ2) is 10.3. The van der Waals surface area contributed by atoms with Gasteiger partial charge < -0.3 is 18.8 Å². The maximum absolute atomic E-state index is 13.4. The first kappa shape index (κ1) is 24.9. The summed E-state index contributed by atoms with van der Waals surface area (Å²) >= 11 is 0. The summed E-state index contributed by atoms with van der Waals surface area (Å²) in [5, 5.41) is 4.40. The lowest BCUT2D eigenvalue weighted by molar-refractivity contribution is -0.274. The highest BCUT2D eigenvalue weighted by molar-refractivity contribution is 5.93. The molecule has 194 valence electrons. The van der Waals surface area contributed by atoms with Crippen LogP contribution in [0.2, 0.25) is 0 Å². The average Bonchev–Trinajstić information content (AvgIpc) is 3.43. The number of fused-ring (bicyclic) bond motifs is 1. The number of carbonyl (C=O) groups excluding carboxylic acids is 1. The number of oxazole rings is 1. The van der Waals surface area contributed by atoms with Gasteiger partial charge in [-0.2, -0.15) is 4.52 Å². The molecule has 5 aromatic rings. The second-order valence-corrected chi connectivity index (χ2v) is 8.40. The van der Waals surface area contributed by atoms with Crippen molar-refractivity contribution in [3.8, 4) is 17.5 Å². The van der Waals surface area contributed by atoms with Gasteiger partial charge in [-0.05, 0) is 35.4 Å². The molecule has 8 nitrogen and oxygen atoms in total. The Labute approximate surface area is 214 Å². The number of hydrogen-bond donors (Lipinski definition) is 0. The van der Waals surface area contributed by atoms with E-state index in [1.165, 1.54) is 33.7 Å². The molecule has 0 atom stereocenters. The number of carbonyl (C=O) groups is 1. The van der Waals surface area contributed by atoms with E-state index in [9.17, 15) is 18.0 Å². The second-order valence-electron chi connectivity index (χ2n) is 8.40. The Morgan fingerprint density at radius 3 is 2.24 bits per heavy atom. The maximum Gasteiger partial charge on any atom is 0.573 e. The van der Waals surface area contributed by atoms with Crippen LogP contribution in [0.15, 0.2) is 89.3 Å². The molecule has 0 fully saturated rings. The van der Waals surface area contributed by atoms with Crippen molar-refractivity contribution in [1.82, 2.24) is 19.5 Å². The fourth-order valence-electron chi connectivity index (χ4n) is 3.83. The zero-order chi connectivity index (χ0) is 26.7. The number of aromatic nitrogens is 3. The van der Waals surface area contributed by atoms with Crippen LogP contribution in [0.25, 0.3) is 5.84 Å². The van der Waals surface area contributed by atoms with Crippen LogP contribution in [0.5, 0.6) is 17.5 Å². The third kappa shape index (κ3) is 5.77. The van der Waals surface area contributed by atoms with Gasteiger partial charge in [-0.1, -0.05) is 60.7 Å². The molecule has 2 aromatic heterocycles. The summed E-state index contributed by atoms with van der Waals surface area (Å²) in [6.07, 6.45) is -4.44. The molecule has 0 spiro atoms. The largest absolute Gasteiger partial charge is 0.573 e. The van der Waals surface area contributed by atoms with Crippen LogP contribution >= 0.6 is 0 Å². The number of rotatable bonds is 8. The number of benzene rings is 3. The lowest BCUT2D eigenvalue weighted by Gasteiger charge is -2.17. The molecule has 0 radical (unpaired) electrons. The van der Waals surface area contributed by atoms with E-state index in [0.717, 1.165) is 5.56 Å². The highest BCUT2D eigenvalue weighted by Gasteiger charge is 2.31. The van der Waals surface area contributed by atoms with Gasteiger partial charge in [-0.3, -0.25) is 4.79 Å². The van der Waals surface area contributed by atoms with Crippen molar-refractivity contribution in [3.63, 3.8) is 0 Å². The Bertz CT molecular complexity index is 1530. The van der Waals surface area contributed by atoms with Gasteiger partial charge in [0.05, 0.1) is 0 Å². The predicted molar refractivity (Wildman–Crippen MR) is 130 cm³/mol. The van der Waals surface area contributed by atoms with Gasteiger partial charge in [0.2, 0.25) is 5.76 Å². The van der Waals surface area contributed by atoms with Crippen LogP contribution in [-0.4, -0.2) is 38.8 Å². The van der Waals surface area contributed by atoms with Crippen molar-refractivity contribution < 1.29 is 31.9 Å². The summed E-state index contributed by atoms with van der Waals surface area (Å²) in [4.78, 5) is 19.1. The normalized spacial score (nSPS) is 11.5. The highest BCUT2D eigenvalue weighted by atomic mass is 19.4. The summed E-state index contributed by atoms with van der Waals surface area (Å²) in [5.74, 6) is -0.0911. The third-order valence-electron chi connectivity index (χ3n) is 5.55. The quantitative estimate of drug-likeness (QED) is 0.253. The van der Waals surface area contributed by atoms with Crippen LogP contribution in [0.4, 0.5) is 13.2 Å². The minimum absolute atomic E-state index is 0.0506. The Morgan fingerprint density at radius 2 is 1.58 bits per heavy atom. The van der Waals surface area contributed by atoms with Crippen molar-refractivity contribution in [2.45, 2.75) is 19.3 Å². The van der Waals surface area contributed by atoms with Crippen molar-refractivity contribution in [3.05, 3.63) is 108 Å². The van der Waals surface area contributed by atoms with Crippen LogP contribution in [0.1, 0.15) is 27.4 Å². The molecule has 0 aliphatic carbocycles. The number of nitrogens with zero attached hydrogens (tertiary/aromatic N) is 4. The molecule has 1 amide bonds. The van der Waals surface area contributed by atoms with Crippen molar-refractivity contribution in [2.75, 3.05) is 7.05 Å². The van der Waals surface area contributed by atoms with Crippen molar-refractivity contribution in [1.29, 1.82) is 0 Å². The molecule has 0 N–H and O–H groups in total. The van der Waals surface area contributed by atoms with E-state index >= 15 is 0 Å². The molecular weight excluding hydrogens is 501 g/mol. The summed E-state index contributed by atoms with van der Waals surface area (Å²) in [6, 6.07) is 23.9. The first-order valence-corrected chi connectivity index (χ1v) is 11.5. The van der Waals surface area contributed by atoms with E-state index in [4.69, 9.17) is 9.15 Å². The Kier molecular flexibility index (Phi) is 6.73. The van der Waals surface area contributed by atoms with E-state index in [-0.39, 0.29) is 29.9 Å². The number of halogens is 3. The summed E-state index contributed by atoms with van der Waals surface area (Å²) in [7, 11) is 1.57. The van der Waals surface area contributed by atoms with E-state index < -0.39 is 12.3 Å². The number of para-hydroxylation sites is 1. The van der Waals surface area contributed by atoms with Gasteiger partial charge in [0, 0.05) is 20.0 Å². The van der Waals surface area contributed by atoms with Crippen molar-refractivity contribution >= 4 is 11.8 Å². The molecule has 3 aromatic carbocycles. The predicted octanol–water partition coefficient (Wildman–Crippen LogP) is 5.88. The standard InChI is InChI=1S/C27H21F3N4O4/c1-33(17-19-12-14-21(15-13-19)38-27(28,29)30)24(35)23-22(16-18-8-4-2-5-9-18)34-26(37-23)31-25(32-34)36-20-10-6-3-7-11-20/h2-15H,16-17H2,1H3. The molecule has 2 heterocycles. The van der Waals surface area contributed by atoms with Crippen LogP contribution < -0.4 is 9.47 Å². The topological polar surface area (TPSA) is 82.1 Å². The van der Waals surface area contributed by atoms with Crippen LogP contribution in [-0.2, 0) is 13.0 Å². The lowest BCUT2D eigenvalue weighted by Crippen LogP contribution is -2.27. The Balaban J connectivity index is 1.40. The molecule has 0 saturated heterocycles. The molecule has 0 bridgehead atoms. The van der Waals surface area contributed by atoms with Gasteiger partial charge in [-0.25, -0.2) is 0 Å². The van der Waals surface area contributed by atoms with Gasteiger partial charge in [0.1, 0.15) is 17.2 Å². The molecular formula is C27H21F3N4O4. The van der Waals surface area contributed by atoms with Crippen molar-refractivity contribution in [2.24, 2.45) is 0 Å². The molecule has 38 heavy (non-hydrogen) atoms. The molecule has 0 unspecified atom stereocenters. The molecule has 0 saturated carbocycles. The molecule has 11 heteroatoms. The summed E-state index contributed by atoms with van der Waals surface area (Å²) in [6.45, 7) is 0.120. The monoisotopic (exact) mass is 522 g/mol. The number of ether oxygens (including phenoxy) is 2. The average molecular weight is 522 g/mol. The third-order valence-corrected chi connectivity index (χ3v) is 5.55. The van der Waals surface area contributed by atoms with E-state index in [1.54, 1.807) is 19.2 Å². The van der Waals surface area contributed by atoms with Crippen LogP contribution in [0.3, 0.4) is 0 Å². The summed E-state index contributed by atoms with van der Waals surface area (Å²) < 4.78 is 54.2. The van der Waals surface area contributed by atoms with E-state index in [1.807, 2.05) is 48.5 Å². The Morgan fingerprint density at radius 1 is 0.921 bits per heavy atom. The van der Waals surface area contributed by atoms with Gasteiger partial charge >= 0.3 is 18.2 Å². The lowest BCUT2D eigenvalue weighted by atomic mass is 10.1. The van der Waals surface area contributed by atoms with Gasteiger partial charge in [0.15, 0.2) is 0 Å². The SMILES string of the molecule is CN(Cc1ccc(OC(F)(F)F)cc1)C(=O)c1oc2nc(Oc3ccccc3)nn2c1Cc1ccccc1. The summed E-state index contributed by atoms with van der Waals surface area (Å²) in [5.41, 5.74) is 2.01. The van der Waals surface area contributed by atoms with Gasteiger partial charge in [0.25, 0.3) is 5.91 Å².